The number of hydrogen-bond donors (Lipinski definition) is 1. The van der Waals surface area contributed by atoms with E-state index in [1.165, 1.54) is 31.1 Å². The first kappa shape index (κ1) is 32.3. The van der Waals surface area contributed by atoms with Crippen molar-refractivity contribution in [2.24, 2.45) is 22.7 Å². The topological polar surface area (TPSA) is 160 Å². The van der Waals surface area contributed by atoms with Gasteiger partial charge in [0.1, 0.15) is 12.2 Å². The van der Waals surface area contributed by atoms with Crippen molar-refractivity contribution >= 4 is 35.3 Å². The van der Waals surface area contributed by atoms with Gasteiger partial charge in [-0.1, -0.05) is 13.8 Å². The third kappa shape index (κ3) is 5.03. The molecule has 3 heterocycles. The molecule has 3 fully saturated rings. The monoisotopic (exact) mass is 639 g/mol. The molecule has 248 valence electrons. The first-order valence-corrected chi connectivity index (χ1v) is 15.9. The van der Waals surface area contributed by atoms with Crippen molar-refractivity contribution in [2.75, 3.05) is 53.0 Å². The molecule has 0 aromatic carbocycles. The highest BCUT2D eigenvalue weighted by Gasteiger charge is 2.67. The molecule has 6 aliphatic rings. The molecule has 13 heteroatoms. The Labute approximate surface area is 267 Å². The highest BCUT2D eigenvalue weighted by Crippen LogP contribution is 2.63. The van der Waals surface area contributed by atoms with E-state index in [-0.39, 0.29) is 42.5 Å². The Bertz CT molecular complexity index is 1460. The molecular weight excluding hydrogens is 598 g/mol. The van der Waals surface area contributed by atoms with Gasteiger partial charge in [-0.15, -0.1) is 0 Å². The fraction of sp³-hybridized carbons (Fsp3) is 0.636. The van der Waals surface area contributed by atoms with Gasteiger partial charge in [-0.2, -0.15) is 0 Å². The van der Waals surface area contributed by atoms with Crippen LogP contribution in [0.2, 0.25) is 0 Å². The van der Waals surface area contributed by atoms with Crippen molar-refractivity contribution < 1.29 is 48.1 Å². The van der Waals surface area contributed by atoms with E-state index in [1.807, 2.05) is 11.8 Å². The van der Waals surface area contributed by atoms with Crippen LogP contribution in [0.5, 0.6) is 0 Å². The number of methoxy groups -OCH3 is 1. The number of esters is 2. The number of Topliss-reactive ketones (excluding diaryl/α,β-unsaturated/α-hetero) is 2. The van der Waals surface area contributed by atoms with E-state index in [0.29, 0.717) is 51.1 Å². The van der Waals surface area contributed by atoms with E-state index < -0.39 is 64.5 Å². The average molecular weight is 640 g/mol. The summed E-state index contributed by atoms with van der Waals surface area (Å²) >= 11 is 0. The van der Waals surface area contributed by atoms with Crippen LogP contribution in [0.3, 0.4) is 0 Å². The molecule has 0 aromatic heterocycles. The third-order valence-corrected chi connectivity index (χ3v) is 11.1. The average Bonchev–Trinajstić information content (AvgIpc) is 3.48. The minimum absolute atomic E-state index is 0.0438. The van der Waals surface area contributed by atoms with Gasteiger partial charge in [0, 0.05) is 88.1 Å². The maximum Gasteiger partial charge on any atom is 0.336 e. The van der Waals surface area contributed by atoms with Gasteiger partial charge in [0.05, 0.1) is 24.2 Å². The number of hydrogen-bond acceptors (Lipinski definition) is 12. The van der Waals surface area contributed by atoms with E-state index in [2.05, 4.69) is 4.90 Å². The van der Waals surface area contributed by atoms with Crippen LogP contribution in [0.25, 0.3) is 0 Å². The third-order valence-electron chi connectivity index (χ3n) is 11.1. The molecule has 3 aliphatic heterocycles. The van der Waals surface area contributed by atoms with Crippen LogP contribution < -0.4 is 0 Å². The molecule has 1 saturated carbocycles. The first-order valence-electron chi connectivity index (χ1n) is 15.9. The molecule has 2 saturated heterocycles. The van der Waals surface area contributed by atoms with E-state index in [4.69, 9.17) is 14.2 Å². The summed E-state index contributed by atoms with van der Waals surface area (Å²) in [6.45, 7) is 7.82. The molecular formula is C33H41N3O10. The minimum atomic E-state index is -1.25. The number of ketones is 2. The number of aliphatic hydroxyl groups is 1. The molecule has 7 atom stereocenters. The van der Waals surface area contributed by atoms with Gasteiger partial charge in [0.25, 0.3) is 11.8 Å². The lowest BCUT2D eigenvalue weighted by atomic mass is 9.50. The maximum absolute atomic E-state index is 14.3. The number of nitrogens with zero attached hydrogens (tertiary/aromatic N) is 3. The van der Waals surface area contributed by atoms with E-state index in [9.17, 15) is 33.9 Å². The summed E-state index contributed by atoms with van der Waals surface area (Å²) in [4.78, 5) is 83.4. The molecule has 0 bridgehead atoms. The minimum Gasteiger partial charge on any atom is -0.458 e. The summed E-state index contributed by atoms with van der Waals surface area (Å²) in [6, 6.07) is 0. The van der Waals surface area contributed by atoms with Crippen molar-refractivity contribution in [3.8, 4) is 0 Å². The van der Waals surface area contributed by atoms with Crippen molar-refractivity contribution in [2.45, 2.75) is 58.3 Å². The number of cyclic esters (lactones) is 1. The Hall–Kier alpha value is -3.68. The van der Waals surface area contributed by atoms with Crippen molar-refractivity contribution in [1.82, 2.24) is 14.7 Å². The normalized spacial score (nSPS) is 37.1. The van der Waals surface area contributed by atoms with E-state index >= 15 is 0 Å². The van der Waals surface area contributed by atoms with Gasteiger partial charge in [-0.05, 0) is 30.8 Å². The molecule has 46 heavy (non-hydrogen) atoms. The van der Waals surface area contributed by atoms with Crippen LogP contribution in [0.1, 0.15) is 40.0 Å². The number of fused-ring (bicyclic) bond motifs is 4. The Morgan fingerprint density at radius 1 is 1.04 bits per heavy atom. The highest BCUT2D eigenvalue weighted by molar-refractivity contribution is 6.47. The van der Waals surface area contributed by atoms with Crippen LogP contribution in [-0.2, 0) is 43.0 Å². The summed E-state index contributed by atoms with van der Waals surface area (Å²) in [5.41, 5.74) is -1.20. The zero-order valence-corrected chi connectivity index (χ0v) is 26.7. The number of carbonyl (C=O) groups excluding carboxylic acids is 6. The smallest absolute Gasteiger partial charge is 0.336 e. The molecule has 0 aromatic rings. The van der Waals surface area contributed by atoms with Crippen molar-refractivity contribution in [1.29, 1.82) is 0 Å². The molecule has 0 spiro atoms. The predicted molar refractivity (Wildman–Crippen MR) is 159 cm³/mol. The maximum atomic E-state index is 14.3. The molecule has 6 rings (SSSR count). The fourth-order valence-electron chi connectivity index (χ4n) is 8.69. The van der Waals surface area contributed by atoms with Crippen LogP contribution in [0, 0.1) is 22.7 Å². The molecule has 2 amide bonds. The van der Waals surface area contributed by atoms with Gasteiger partial charge in [-0.25, -0.2) is 4.79 Å². The summed E-state index contributed by atoms with van der Waals surface area (Å²) in [6.07, 6.45) is 2.76. The fourth-order valence-corrected chi connectivity index (χ4v) is 8.69. The number of carbonyl (C=O) groups is 6. The number of piperazine rings is 1. The molecule has 13 nitrogen and oxygen atoms in total. The molecule has 1 N–H and O–H groups in total. The van der Waals surface area contributed by atoms with Crippen LogP contribution in [-0.4, -0.2) is 126 Å². The van der Waals surface area contributed by atoms with Gasteiger partial charge in [0.2, 0.25) is 11.6 Å². The summed E-state index contributed by atoms with van der Waals surface area (Å²) in [7, 11) is 1.46. The largest absolute Gasteiger partial charge is 0.458 e. The first-order chi connectivity index (χ1) is 21.8. The summed E-state index contributed by atoms with van der Waals surface area (Å²) in [5, 5.41) is 11.0. The number of amides is 2. The number of aliphatic hydroxyl groups excluding tert-OH is 1. The molecule has 0 radical (unpaired) electrons. The lowest BCUT2D eigenvalue weighted by molar-refractivity contribution is -0.175. The quantitative estimate of drug-likeness (QED) is 0.174. The second-order valence-corrected chi connectivity index (χ2v) is 13.7. The van der Waals surface area contributed by atoms with E-state index in [0.717, 1.165) is 0 Å². The van der Waals surface area contributed by atoms with Crippen LogP contribution >= 0.6 is 0 Å². The van der Waals surface area contributed by atoms with Crippen molar-refractivity contribution in [3.63, 3.8) is 0 Å². The standard InChI is InChI=1S/C33H41N3O10/c1-18(37)45-21-15-32(2)20(5-6-22(32)38)26-28(21)33(3)23(17-44-4)46-31(43)19(27(33)30(42)29(26)41)16-35-11-9-34(10-12-35)13-14-36-24(39)7-8-25(36)40/h7-8,16,20-23,27,38H,5-6,9-15,17H2,1-4H3/t20-,21+,22-,23+,27?,32-,33-/m0/s1. The Morgan fingerprint density at radius 2 is 1.72 bits per heavy atom. The second kappa shape index (κ2) is 11.8. The van der Waals surface area contributed by atoms with Crippen LogP contribution in [0.15, 0.2) is 35.1 Å². The van der Waals surface area contributed by atoms with Crippen molar-refractivity contribution in [3.05, 3.63) is 35.1 Å². The number of rotatable bonds is 7. The summed E-state index contributed by atoms with van der Waals surface area (Å²) < 4.78 is 17.3. The lowest BCUT2D eigenvalue weighted by Gasteiger charge is -2.56. The predicted octanol–water partition coefficient (Wildman–Crippen LogP) is 0.168. The SMILES string of the molecule is COC[C@H]1OC(=O)C(=CN2CCN(CCN3C(=O)C=CC3=O)CC2)C2C(=O)C(=O)C3=C([C@H](OC(C)=O)C[C@]4(C)[C@@H](O)CC[C@@H]34)[C@]21C. The van der Waals surface area contributed by atoms with Gasteiger partial charge in [-0.3, -0.25) is 33.8 Å². The molecule has 1 unspecified atom stereocenters. The lowest BCUT2D eigenvalue weighted by Crippen LogP contribution is -2.63. The highest BCUT2D eigenvalue weighted by atomic mass is 16.6. The van der Waals surface area contributed by atoms with Crippen LogP contribution in [0.4, 0.5) is 0 Å². The van der Waals surface area contributed by atoms with Gasteiger partial charge in [0.15, 0.2) is 0 Å². The number of imide groups is 1. The zero-order valence-electron chi connectivity index (χ0n) is 26.7. The Morgan fingerprint density at radius 3 is 2.35 bits per heavy atom. The summed E-state index contributed by atoms with van der Waals surface area (Å²) in [5.74, 6) is -4.95. The number of ether oxygens (including phenoxy) is 3. The Balaban J connectivity index is 1.33. The zero-order chi connectivity index (χ0) is 33.1. The van der Waals surface area contributed by atoms with E-state index in [1.54, 1.807) is 13.1 Å². The van der Waals surface area contributed by atoms with Gasteiger partial charge < -0.3 is 24.2 Å². The second-order valence-electron chi connectivity index (χ2n) is 13.7. The Kier molecular flexibility index (Phi) is 8.31. The van der Waals surface area contributed by atoms with Gasteiger partial charge >= 0.3 is 11.9 Å². The molecule has 3 aliphatic carbocycles. The number of allylic oxidation sites excluding steroid dienone is 1.